The first kappa shape index (κ1) is 19.2. The van der Waals surface area contributed by atoms with Crippen LogP contribution >= 0.6 is 0 Å². The van der Waals surface area contributed by atoms with Gasteiger partial charge >= 0.3 is 5.97 Å². The van der Waals surface area contributed by atoms with Crippen molar-refractivity contribution < 1.29 is 9.53 Å². The lowest BCUT2D eigenvalue weighted by Gasteiger charge is -2.24. The zero-order chi connectivity index (χ0) is 16.4. The van der Waals surface area contributed by atoms with Crippen LogP contribution in [0.1, 0.15) is 27.2 Å². The molecule has 0 aromatic heterocycles. The topological polar surface area (TPSA) is 26.3 Å². The van der Waals surface area contributed by atoms with Crippen LogP contribution in [0.25, 0.3) is 0 Å². The summed E-state index contributed by atoms with van der Waals surface area (Å²) >= 11 is 0. The van der Waals surface area contributed by atoms with Crippen molar-refractivity contribution in [2.24, 2.45) is 5.41 Å². The molecule has 0 saturated carbocycles. The van der Waals surface area contributed by atoms with Crippen LogP contribution in [-0.2, 0) is 9.53 Å². The average molecular weight is 274 g/mol. The summed E-state index contributed by atoms with van der Waals surface area (Å²) in [5.74, 6) is 0.559. The Morgan fingerprint density at radius 3 is 2.24 bits per heavy atom. The molecular formula is C9H26B10O2. The number of hydrogen-bond donors (Lipinski definition) is 0. The van der Waals surface area contributed by atoms with Gasteiger partial charge in [0.15, 0.2) is 0 Å². The van der Waals surface area contributed by atoms with Crippen LogP contribution in [0.5, 0.6) is 0 Å². The van der Waals surface area contributed by atoms with Crippen molar-refractivity contribution in [1.82, 2.24) is 0 Å². The molecule has 12 heteroatoms. The van der Waals surface area contributed by atoms with E-state index in [-0.39, 0.29) is 11.4 Å². The van der Waals surface area contributed by atoms with Gasteiger partial charge in [-0.15, -0.1) is 0 Å². The van der Waals surface area contributed by atoms with Gasteiger partial charge in [-0.1, -0.05) is 13.2 Å². The third-order valence-electron chi connectivity index (χ3n) is 5.77. The SMILES string of the molecule is BB(B)B(B)B(B(B)B)B1CC1COC(=O)C(C)(C)CC. The maximum absolute atomic E-state index is 12.1. The van der Waals surface area contributed by atoms with E-state index in [1.165, 1.54) is 6.32 Å². The van der Waals surface area contributed by atoms with Gasteiger partial charge in [0.2, 0.25) is 0 Å². The van der Waals surface area contributed by atoms with E-state index in [1.807, 2.05) is 20.8 Å². The van der Waals surface area contributed by atoms with Gasteiger partial charge in [0.05, 0.1) is 57.3 Å². The molecule has 1 unspecified atom stereocenters. The molecule has 0 spiro atoms. The Kier molecular flexibility index (Phi) is 6.93. The first-order valence-corrected chi connectivity index (χ1v) is 8.79. The summed E-state index contributed by atoms with van der Waals surface area (Å²) in [6.45, 7) is 7.36. The highest BCUT2D eigenvalue weighted by molar-refractivity contribution is 8.01. The Hall–Kier alpha value is 0.119. The minimum atomic E-state index is -0.340. The van der Waals surface area contributed by atoms with Gasteiger partial charge < -0.3 is 4.74 Å². The van der Waals surface area contributed by atoms with E-state index in [0.717, 1.165) is 32.2 Å². The van der Waals surface area contributed by atoms with Crippen molar-refractivity contribution in [3.05, 3.63) is 0 Å². The summed E-state index contributed by atoms with van der Waals surface area (Å²) in [6, 6.07) is 0. The van der Waals surface area contributed by atoms with E-state index in [0.29, 0.717) is 18.8 Å². The summed E-state index contributed by atoms with van der Waals surface area (Å²) in [7, 11) is 11.7. The van der Waals surface area contributed by atoms with Crippen LogP contribution < -0.4 is 0 Å². The van der Waals surface area contributed by atoms with Crippen LogP contribution in [0.4, 0.5) is 0 Å². The van der Waals surface area contributed by atoms with Gasteiger partial charge in [0, 0.05) is 25.5 Å². The molecule has 1 saturated heterocycles. The second kappa shape index (κ2) is 7.59. The van der Waals surface area contributed by atoms with Crippen LogP contribution in [0, 0.1) is 5.41 Å². The highest BCUT2D eigenvalue weighted by Crippen LogP contribution is 2.40. The Bertz CT molecular complexity index is 362. The molecule has 1 heterocycles. The largest absolute Gasteiger partial charge is 0.466 e. The van der Waals surface area contributed by atoms with Crippen molar-refractivity contribution >= 4 is 76.8 Å². The Morgan fingerprint density at radius 2 is 1.81 bits per heavy atom. The third kappa shape index (κ3) is 5.06. The predicted molar refractivity (Wildman–Crippen MR) is 115 cm³/mol. The molecule has 0 aromatic rings. The monoisotopic (exact) mass is 276 g/mol. The Morgan fingerprint density at radius 1 is 1.24 bits per heavy atom. The van der Waals surface area contributed by atoms with E-state index >= 15 is 0 Å². The molecular weight excluding hydrogens is 248 g/mol. The molecule has 104 valence electrons. The number of rotatable bonds is 8. The predicted octanol–water partition coefficient (Wildman–Crippen LogP) is -4.21. The minimum Gasteiger partial charge on any atom is -0.466 e. The molecule has 1 aliphatic rings. The van der Waals surface area contributed by atoms with Crippen molar-refractivity contribution in [3.8, 4) is 0 Å². The molecule has 0 bridgehead atoms. The molecule has 0 N–H and O–H groups in total. The maximum Gasteiger partial charge on any atom is 0.311 e. The fourth-order valence-corrected chi connectivity index (χ4v) is 3.39. The summed E-state index contributed by atoms with van der Waals surface area (Å²) in [6.07, 6.45) is 5.00. The Labute approximate surface area is 138 Å². The van der Waals surface area contributed by atoms with Gasteiger partial charge in [-0.3, -0.25) is 4.79 Å². The molecule has 0 aliphatic carbocycles. The zero-order valence-electron chi connectivity index (χ0n) is 15.4. The first-order chi connectivity index (χ1) is 9.61. The van der Waals surface area contributed by atoms with E-state index in [9.17, 15) is 4.79 Å². The van der Waals surface area contributed by atoms with Crippen molar-refractivity contribution in [1.29, 1.82) is 0 Å². The van der Waals surface area contributed by atoms with Gasteiger partial charge in [0.1, 0.15) is 0 Å². The van der Waals surface area contributed by atoms with E-state index in [4.69, 9.17) is 4.74 Å². The minimum absolute atomic E-state index is 0.0337. The molecule has 1 fully saturated rings. The molecule has 0 aromatic carbocycles. The van der Waals surface area contributed by atoms with Gasteiger partial charge in [-0.2, -0.15) is 0 Å². The normalized spacial score (nSPS) is 17.1. The molecule has 21 heavy (non-hydrogen) atoms. The van der Waals surface area contributed by atoms with Crippen LogP contribution in [-0.4, -0.2) is 83.4 Å². The van der Waals surface area contributed by atoms with Crippen molar-refractivity contribution in [2.45, 2.75) is 39.3 Å². The fraction of sp³-hybridized carbons (Fsp3) is 0.889. The second-order valence-electron chi connectivity index (χ2n) is 8.42. The number of esters is 1. The van der Waals surface area contributed by atoms with Crippen molar-refractivity contribution in [2.75, 3.05) is 6.61 Å². The lowest BCUT2D eigenvalue weighted by Crippen LogP contribution is -2.63. The highest BCUT2D eigenvalue weighted by Gasteiger charge is 2.51. The maximum atomic E-state index is 12.1. The van der Waals surface area contributed by atoms with Gasteiger partial charge in [0.25, 0.3) is 0 Å². The summed E-state index contributed by atoms with van der Waals surface area (Å²) < 4.78 is 5.58. The summed E-state index contributed by atoms with van der Waals surface area (Å²) in [5, 5.41) is 0. The highest BCUT2D eigenvalue weighted by atomic mass is 16.5. The molecule has 2 nitrogen and oxygen atoms in total. The van der Waals surface area contributed by atoms with E-state index in [2.05, 4.69) is 38.7 Å². The van der Waals surface area contributed by atoms with E-state index in [1.54, 1.807) is 0 Å². The lowest BCUT2D eigenvalue weighted by atomic mass is 8.57. The molecule has 0 radical (unpaired) electrons. The smallest absolute Gasteiger partial charge is 0.311 e. The van der Waals surface area contributed by atoms with Gasteiger partial charge in [-0.25, -0.2) is 0 Å². The number of ether oxygens (including phenoxy) is 1. The molecule has 1 rings (SSSR count). The van der Waals surface area contributed by atoms with Crippen LogP contribution in [0.3, 0.4) is 0 Å². The third-order valence-corrected chi connectivity index (χ3v) is 5.77. The fourth-order valence-electron chi connectivity index (χ4n) is 3.39. The van der Waals surface area contributed by atoms with Gasteiger partial charge in [-0.05, 0) is 26.1 Å². The number of hydrogen-bond acceptors (Lipinski definition) is 2. The second-order valence-corrected chi connectivity index (χ2v) is 8.42. The average Bonchev–Trinajstić information content (AvgIpc) is 3.14. The Balaban J connectivity index is 2.50. The molecule has 0 amide bonds. The van der Waals surface area contributed by atoms with Crippen LogP contribution in [0.2, 0.25) is 12.1 Å². The first-order valence-electron chi connectivity index (χ1n) is 8.79. The quantitative estimate of drug-likeness (QED) is 0.331. The standard InChI is InChI=1S/C9H26B10O2/c1-4-9(2,3)8(20)21-6-7-5-15(7)19(17(12)13)18(14)16(10)11/h7H,4-6,10-14H2,1-3H3. The summed E-state index contributed by atoms with van der Waals surface area (Å²) in [5.41, 5.74) is -0.340. The van der Waals surface area contributed by atoms with Crippen LogP contribution in [0.15, 0.2) is 0 Å². The van der Waals surface area contributed by atoms with Crippen molar-refractivity contribution in [3.63, 3.8) is 0 Å². The lowest BCUT2D eigenvalue weighted by molar-refractivity contribution is -0.153. The van der Waals surface area contributed by atoms with E-state index < -0.39 is 0 Å². The summed E-state index contributed by atoms with van der Waals surface area (Å²) in [4.78, 5) is 12.1. The zero-order valence-corrected chi connectivity index (χ0v) is 15.4. The molecule has 1 aliphatic heterocycles. The molecule has 1 atom stereocenters. The number of carbonyl (C=O) groups is 1. The number of carbonyl (C=O) groups excluding carboxylic acids is 1.